The summed E-state index contributed by atoms with van der Waals surface area (Å²) in [6.45, 7) is 3.88. The zero-order valence-corrected chi connectivity index (χ0v) is 13.7. The number of aryl methyl sites for hydroxylation is 2. The predicted octanol–water partition coefficient (Wildman–Crippen LogP) is 4.41. The molecule has 0 aliphatic heterocycles. The Morgan fingerprint density at radius 3 is 2.23 bits per heavy atom. The average Bonchev–Trinajstić information content (AvgIpc) is 2.39. The minimum atomic E-state index is -1.11. The third-order valence-corrected chi connectivity index (χ3v) is 3.43. The summed E-state index contributed by atoms with van der Waals surface area (Å²) in [6, 6.07) is 9.83. The highest BCUT2D eigenvalue weighted by Crippen LogP contribution is 2.21. The van der Waals surface area contributed by atoms with Gasteiger partial charge < -0.3 is 15.7 Å². The molecule has 0 fully saturated rings. The maximum absolute atomic E-state index is 12.0. The van der Waals surface area contributed by atoms with Gasteiger partial charge in [-0.2, -0.15) is 0 Å². The van der Waals surface area contributed by atoms with Gasteiger partial charge in [0.1, 0.15) is 0 Å². The van der Waals surface area contributed by atoms with Gasteiger partial charge in [0.2, 0.25) is 0 Å². The quantitative estimate of drug-likeness (QED) is 0.756. The number of benzene rings is 2. The van der Waals surface area contributed by atoms with Crippen LogP contribution in [-0.2, 0) is 0 Å². The summed E-state index contributed by atoms with van der Waals surface area (Å²) in [5, 5.41) is 14.4. The Hall–Kier alpha value is -2.34. The number of carboxylic acid groups (broad SMARTS) is 1. The van der Waals surface area contributed by atoms with Crippen LogP contribution in [0.5, 0.6) is 0 Å². The lowest BCUT2D eigenvalue weighted by atomic mass is 10.1. The first-order valence-electron chi connectivity index (χ1n) is 6.54. The molecular weight excluding hydrogens is 348 g/mol. The van der Waals surface area contributed by atoms with Crippen molar-refractivity contribution in [2.75, 3.05) is 10.6 Å². The maximum atomic E-state index is 12.0. The van der Waals surface area contributed by atoms with Gasteiger partial charge in [-0.05, 0) is 55.3 Å². The smallest absolute Gasteiger partial charge is 0.337 e. The van der Waals surface area contributed by atoms with Crippen molar-refractivity contribution in [1.82, 2.24) is 0 Å². The fourth-order valence-corrected chi connectivity index (χ4v) is 2.50. The number of anilines is 2. The van der Waals surface area contributed by atoms with Gasteiger partial charge in [-0.25, -0.2) is 9.59 Å². The van der Waals surface area contributed by atoms with Crippen LogP contribution in [0.15, 0.2) is 40.9 Å². The van der Waals surface area contributed by atoms with Crippen LogP contribution in [0.1, 0.15) is 21.5 Å². The first kappa shape index (κ1) is 16.0. The number of nitrogens with one attached hydrogen (secondary N) is 2. The number of hydrogen-bond donors (Lipinski definition) is 3. The van der Waals surface area contributed by atoms with E-state index in [1.165, 1.54) is 12.1 Å². The summed E-state index contributed by atoms with van der Waals surface area (Å²) in [7, 11) is 0. The Bertz CT molecular complexity index is 724. The standard InChI is InChI=1S/C16H15BrN2O3/c1-9-5-10(2)7-12(6-9)18-16(22)19-14-4-3-11(17)8-13(14)15(20)21/h3-8H,1-2H3,(H,20,21)(H2,18,19,22). The molecule has 114 valence electrons. The van der Waals surface area contributed by atoms with Crippen LogP contribution in [0.4, 0.5) is 16.2 Å². The number of rotatable bonds is 3. The molecule has 0 saturated heterocycles. The lowest BCUT2D eigenvalue weighted by Crippen LogP contribution is -2.21. The highest BCUT2D eigenvalue weighted by Gasteiger charge is 2.13. The molecule has 0 spiro atoms. The van der Waals surface area contributed by atoms with Crippen LogP contribution in [0.2, 0.25) is 0 Å². The number of hydrogen-bond acceptors (Lipinski definition) is 2. The van der Waals surface area contributed by atoms with Gasteiger partial charge in [0.15, 0.2) is 0 Å². The second-order valence-corrected chi connectivity index (χ2v) is 5.87. The predicted molar refractivity (Wildman–Crippen MR) is 89.7 cm³/mol. The van der Waals surface area contributed by atoms with Gasteiger partial charge in [-0.15, -0.1) is 0 Å². The first-order chi connectivity index (χ1) is 10.3. The molecule has 0 aromatic heterocycles. The van der Waals surface area contributed by atoms with Gasteiger partial charge in [0.05, 0.1) is 11.3 Å². The number of carbonyl (C=O) groups is 2. The summed E-state index contributed by atoms with van der Waals surface area (Å²) >= 11 is 3.21. The number of carbonyl (C=O) groups excluding carboxylic acids is 1. The molecule has 3 N–H and O–H groups in total. The molecule has 0 aliphatic carbocycles. The van der Waals surface area contributed by atoms with Gasteiger partial charge in [0, 0.05) is 10.2 Å². The number of halogens is 1. The van der Waals surface area contributed by atoms with E-state index in [9.17, 15) is 14.7 Å². The van der Waals surface area contributed by atoms with Crippen molar-refractivity contribution in [3.05, 3.63) is 57.6 Å². The molecule has 0 saturated carbocycles. The van der Waals surface area contributed by atoms with Crippen molar-refractivity contribution < 1.29 is 14.7 Å². The fraction of sp³-hybridized carbons (Fsp3) is 0.125. The first-order valence-corrected chi connectivity index (χ1v) is 7.33. The van der Waals surface area contributed by atoms with E-state index in [0.29, 0.717) is 10.2 Å². The normalized spacial score (nSPS) is 10.1. The number of carboxylic acids is 1. The highest BCUT2D eigenvalue weighted by atomic mass is 79.9. The molecule has 2 aromatic carbocycles. The van der Waals surface area contributed by atoms with E-state index in [0.717, 1.165) is 11.1 Å². The van der Waals surface area contributed by atoms with E-state index >= 15 is 0 Å². The second-order valence-electron chi connectivity index (χ2n) is 4.95. The van der Waals surface area contributed by atoms with Crippen molar-refractivity contribution >= 4 is 39.3 Å². The number of amides is 2. The van der Waals surface area contributed by atoms with E-state index in [2.05, 4.69) is 26.6 Å². The highest BCUT2D eigenvalue weighted by molar-refractivity contribution is 9.10. The summed E-state index contributed by atoms with van der Waals surface area (Å²) in [5.41, 5.74) is 2.97. The summed E-state index contributed by atoms with van der Waals surface area (Å²) in [6.07, 6.45) is 0. The number of aromatic carboxylic acids is 1. The van der Waals surface area contributed by atoms with Crippen LogP contribution in [0.25, 0.3) is 0 Å². The maximum Gasteiger partial charge on any atom is 0.337 e. The third-order valence-electron chi connectivity index (χ3n) is 2.94. The molecule has 0 radical (unpaired) electrons. The van der Waals surface area contributed by atoms with Crippen LogP contribution in [0, 0.1) is 13.8 Å². The van der Waals surface area contributed by atoms with E-state index in [-0.39, 0.29) is 11.3 Å². The molecule has 0 atom stereocenters. The Morgan fingerprint density at radius 2 is 1.64 bits per heavy atom. The SMILES string of the molecule is Cc1cc(C)cc(NC(=O)Nc2ccc(Br)cc2C(=O)O)c1. The Kier molecular flexibility index (Phi) is 4.82. The topological polar surface area (TPSA) is 78.4 Å². The lowest BCUT2D eigenvalue weighted by molar-refractivity contribution is 0.0698. The Balaban J connectivity index is 2.17. The Morgan fingerprint density at radius 1 is 1.00 bits per heavy atom. The zero-order chi connectivity index (χ0) is 16.3. The van der Waals surface area contributed by atoms with Crippen LogP contribution in [-0.4, -0.2) is 17.1 Å². The minimum Gasteiger partial charge on any atom is -0.478 e. The second kappa shape index (κ2) is 6.62. The molecule has 2 amide bonds. The number of urea groups is 1. The molecule has 6 heteroatoms. The molecule has 0 aliphatic rings. The summed E-state index contributed by atoms with van der Waals surface area (Å²) < 4.78 is 0.630. The van der Waals surface area contributed by atoms with E-state index < -0.39 is 12.0 Å². The zero-order valence-electron chi connectivity index (χ0n) is 12.1. The lowest BCUT2D eigenvalue weighted by Gasteiger charge is -2.11. The van der Waals surface area contributed by atoms with Crippen molar-refractivity contribution in [1.29, 1.82) is 0 Å². The molecule has 0 bridgehead atoms. The van der Waals surface area contributed by atoms with E-state index in [1.54, 1.807) is 6.07 Å². The summed E-state index contributed by atoms with van der Waals surface area (Å²) in [5.74, 6) is -1.11. The van der Waals surface area contributed by atoms with Crippen LogP contribution >= 0.6 is 15.9 Å². The fourth-order valence-electron chi connectivity index (χ4n) is 2.13. The van der Waals surface area contributed by atoms with Gasteiger partial charge >= 0.3 is 12.0 Å². The van der Waals surface area contributed by atoms with E-state index in [1.807, 2.05) is 32.0 Å². The minimum absolute atomic E-state index is 0.0185. The monoisotopic (exact) mass is 362 g/mol. The molecule has 0 unspecified atom stereocenters. The average molecular weight is 363 g/mol. The van der Waals surface area contributed by atoms with Crippen LogP contribution in [0.3, 0.4) is 0 Å². The molecule has 5 nitrogen and oxygen atoms in total. The Labute approximate surface area is 136 Å². The van der Waals surface area contributed by atoms with Crippen molar-refractivity contribution in [3.8, 4) is 0 Å². The molecule has 0 heterocycles. The van der Waals surface area contributed by atoms with Crippen molar-refractivity contribution in [3.63, 3.8) is 0 Å². The molecule has 22 heavy (non-hydrogen) atoms. The van der Waals surface area contributed by atoms with Gasteiger partial charge in [0.25, 0.3) is 0 Å². The van der Waals surface area contributed by atoms with Crippen molar-refractivity contribution in [2.45, 2.75) is 13.8 Å². The van der Waals surface area contributed by atoms with Crippen molar-refractivity contribution in [2.24, 2.45) is 0 Å². The molecule has 2 rings (SSSR count). The van der Waals surface area contributed by atoms with E-state index in [4.69, 9.17) is 0 Å². The van der Waals surface area contributed by atoms with Gasteiger partial charge in [-0.3, -0.25) is 0 Å². The molecule has 2 aromatic rings. The largest absolute Gasteiger partial charge is 0.478 e. The molecular formula is C16H15BrN2O3. The summed E-state index contributed by atoms with van der Waals surface area (Å²) in [4.78, 5) is 23.2. The third kappa shape index (κ3) is 4.08. The van der Waals surface area contributed by atoms with Crippen LogP contribution < -0.4 is 10.6 Å². The van der Waals surface area contributed by atoms with Gasteiger partial charge in [-0.1, -0.05) is 22.0 Å².